The predicted octanol–water partition coefficient (Wildman–Crippen LogP) is 4.42. The summed E-state index contributed by atoms with van der Waals surface area (Å²) in [4.78, 5) is 14.8. The Bertz CT molecular complexity index is 900. The van der Waals surface area contributed by atoms with Crippen LogP contribution < -0.4 is 10.1 Å². The van der Waals surface area contributed by atoms with Gasteiger partial charge in [-0.1, -0.05) is 29.3 Å². The molecule has 1 heterocycles. The molecule has 0 spiro atoms. The molecule has 154 valence electrons. The Morgan fingerprint density at radius 1 is 1.21 bits per heavy atom. The largest absolute Gasteiger partial charge is 0.494 e. The van der Waals surface area contributed by atoms with E-state index >= 15 is 0 Å². The summed E-state index contributed by atoms with van der Waals surface area (Å²) >= 11 is 18.1. The van der Waals surface area contributed by atoms with E-state index in [4.69, 9.17) is 40.2 Å². The summed E-state index contributed by atoms with van der Waals surface area (Å²) in [5, 5.41) is 15.9. The smallest absolute Gasteiger partial charge is 0.273 e. The SMILES string of the molecule is COc1cc([N+](=O)[O-])ccc1NC(=S)N1CCN(Cc2c(Cl)cccc2Cl)CC1. The molecular weight excluding hydrogens is 435 g/mol. The van der Waals surface area contributed by atoms with E-state index in [-0.39, 0.29) is 5.69 Å². The lowest BCUT2D eigenvalue weighted by Gasteiger charge is -2.36. The molecule has 0 aromatic heterocycles. The van der Waals surface area contributed by atoms with Crippen LogP contribution in [-0.4, -0.2) is 53.1 Å². The average molecular weight is 455 g/mol. The van der Waals surface area contributed by atoms with Crippen LogP contribution in [0, 0.1) is 10.1 Å². The number of non-ortho nitro benzene ring substituents is 1. The fourth-order valence-electron chi connectivity index (χ4n) is 3.11. The highest BCUT2D eigenvalue weighted by atomic mass is 35.5. The molecule has 0 atom stereocenters. The van der Waals surface area contributed by atoms with Gasteiger partial charge in [0.1, 0.15) is 5.75 Å². The Kier molecular flexibility index (Phi) is 7.13. The Morgan fingerprint density at radius 3 is 2.45 bits per heavy atom. The highest BCUT2D eigenvalue weighted by Gasteiger charge is 2.21. The maximum absolute atomic E-state index is 10.9. The zero-order valence-electron chi connectivity index (χ0n) is 15.7. The predicted molar refractivity (Wildman–Crippen MR) is 119 cm³/mol. The van der Waals surface area contributed by atoms with Crippen molar-refractivity contribution in [2.75, 3.05) is 38.6 Å². The number of halogens is 2. The molecule has 3 rings (SSSR count). The van der Waals surface area contributed by atoms with Crippen molar-refractivity contribution in [2.24, 2.45) is 0 Å². The Morgan fingerprint density at radius 2 is 1.86 bits per heavy atom. The number of thiocarbonyl (C=S) groups is 1. The Balaban J connectivity index is 1.58. The molecule has 1 saturated heterocycles. The lowest BCUT2D eigenvalue weighted by molar-refractivity contribution is -0.384. The molecule has 1 aliphatic rings. The van der Waals surface area contributed by atoms with E-state index in [0.29, 0.717) is 33.1 Å². The topological polar surface area (TPSA) is 70.9 Å². The van der Waals surface area contributed by atoms with Gasteiger partial charge in [-0.05, 0) is 30.4 Å². The van der Waals surface area contributed by atoms with Gasteiger partial charge in [0.05, 0.1) is 23.8 Å². The maximum atomic E-state index is 10.9. The molecule has 0 aliphatic carbocycles. The van der Waals surface area contributed by atoms with E-state index in [1.54, 1.807) is 6.07 Å². The first-order valence-corrected chi connectivity index (χ1v) is 10.1. The number of benzene rings is 2. The van der Waals surface area contributed by atoms with Gasteiger partial charge in [0, 0.05) is 54.4 Å². The van der Waals surface area contributed by atoms with E-state index in [1.807, 2.05) is 18.2 Å². The lowest BCUT2D eigenvalue weighted by atomic mass is 10.2. The summed E-state index contributed by atoms with van der Waals surface area (Å²) in [6.45, 7) is 3.77. The number of anilines is 1. The number of ether oxygens (including phenoxy) is 1. The van der Waals surface area contributed by atoms with Crippen LogP contribution in [-0.2, 0) is 6.54 Å². The van der Waals surface area contributed by atoms with E-state index in [9.17, 15) is 10.1 Å². The summed E-state index contributed by atoms with van der Waals surface area (Å²) < 4.78 is 5.25. The summed E-state index contributed by atoms with van der Waals surface area (Å²) in [6, 6.07) is 9.90. The van der Waals surface area contributed by atoms with Gasteiger partial charge in [-0.15, -0.1) is 0 Å². The van der Waals surface area contributed by atoms with Crippen LogP contribution in [0.5, 0.6) is 5.75 Å². The van der Waals surface area contributed by atoms with Gasteiger partial charge in [-0.25, -0.2) is 0 Å². The van der Waals surface area contributed by atoms with Crippen molar-refractivity contribution in [1.82, 2.24) is 9.80 Å². The minimum atomic E-state index is -0.463. The minimum absolute atomic E-state index is 0.0369. The summed E-state index contributed by atoms with van der Waals surface area (Å²) in [7, 11) is 1.46. The molecule has 10 heteroatoms. The van der Waals surface area contributed by atoms with Crippen LogP contribution in [0.4, 0.5) is 11.4 Å². The van der Waals surface area contributed by atoms with Crippen molar-refractivity contribution in [1.29, 1.82) is 0 Å². The fraction of sp³-hybridized carbons (Fsp3) is 0.316. The van der Waals surface area contributed by atoms with Gasteiger partial charge < -0.3 is 15.0 Å². The Hall–Kier alpha value is -2.13. The third-order valence-electron chi connectivity index (χ3n) is 4.74. The van der Waals surface area contributed by atoms with Crippen LogP contribution >= 0.6 is 35.4 Å². The van der Waals surface area contributed by atoms with Crippen LogP contribution in [0.2, 0.25) is 10.0 Å². The minimum Gasteiger partial charge on any atom is -0.494 e. The van der Waals surface area contributed by atoms with E-state index in [0.717, 1.165) is 31.7 Å². The van der Waals surface area contributed by atoms with Crippen molar-refractivity contribution in [3.8, 4) is 5.75 Å². The van der Waals surface area contributed by atoms with Gasteiger partial charge >= 0.3 is 0 Å². The molecule has 0 unspecified atom stereocenters. The number of methoxy groups -OCH3 is 1. The summed E-state index contributed by atoms with van der Waals surface area (Å²) in [6.07, 6.45) is 0. The highest BCUT2D eigenvalue weighted by Crippen LogP contribution is 2.29. The number of nitro benzene ring substituents is 1. The number of hydrogen-bond acceptors (Lipinski definition) is 5. The molecule has 29 heavy (non-hydrogen) atoms. The zero-order chi connectivity index (χ0) is 21.0. The second-order valence-corrected chi connectivity index (χ2v) is 7.74. The standard InChI is InChI=1S/C19H20Cl2N4O3S/c1-28-18-11-13(25(26)27)5-6-17(18)22-19(29)24-9-7-23(8-10-24)12-14-15(20)3-2-4-16(14)21/h2-6,11H,7-10,12H2,1H3,(H,22,29). The van der Waals surface area contributed by atoms with Crippen LogP contribution in [0.1, 0.15) is 5.56 Å². The van der Waals surface area contributed by atoms with Crippen molar-refractivity contribution >= 4 is 51.9 Å². The molecular formula is C19H20Cl2N4O3S. The molecule has 2 aromatic carbocycles. The highest BCUT2D eigenvalue weighted by molar-refractivity contribution is 7.80. The normalized spacial score (nSPS) is 14.5. The molecule has 1 aliphatic heterocycles. The quantitative estimate of drug-likeness (QED) is 0.407. The molecule has 0 bridgehead atoms. The van der Waals surface area contributed by atoms with Crippen molar-refractivity contribution in [2.45, 2.75) is 6.54 Å². The second kappa shape index (κ2) is 9.58. The number of hydrogen-bond donors (Lipinski definition) is 1. The third-order valence-corrected chi connectivity index (χ3v) is 5.81. The van der Waals surface area contributed by atoms with E-state index in [1.165, 1.54) is 19.2 Å². The molecule has 1 N–H and O–H groups in total. The Labute approximate surface area is 184 Å². The zero-order valence-corrected chi connectivity index (χ0v) is 18.1. The average Bonchev–Trinajstić information content (AvgIpc) is 2.71. The van der Waals surface area contributed by atoms with Gasteiger partial charge in [0.2, 0.25) is 0 Å². The number of nitrogens with one attached hydrogen (secondary N) is 1. The molecule has 0 saturated carbocycles. The molecule has 0 amide bonds. The number of piperazine rings is 1. The fourth-order valence-corrected chi connectivity index (χ4v) is 3.92. The first-order valence-electron chi connectivity index (χ1n) is 8.92. The van der Waals surface area contributed by atoms with Crippen LogP contribution in [0.15, 0.2) is 36.4 Å². The maximum Gasteiger partial charge on any atom is 0.273 e. The third kappa shape index (κ3) is 5.27. The van der Waals surface area contributed by atoms with Gasteiger partial charge in [-0.3, -0.25) is 15.0 Å². The summed E-state index contributed by atoms with van der Waals surface area (Å²) in [5.74, 6) is 0.369. The van der Waals surface area contributed by atoms with Gasteiger partial charge in [-0.2, -0.15) is 0 Å². The number of nitro groups is 1. The van der Waals surface area contributed by atoms with Gasteiger partial charge in [0.25, 0.3) is 5.69 Å². The van der Waals surface area contributed by atoms with E-state index in [2.05, 4.69) is 15.1 Å². The lowest BCUT2D eigenvalue weighted by Crippen LogP contribution is -2.49. The molecule has 1 fully saturated rings. The monoisotopic (exact) mass is 454 g/mol. The summed E-state index contributed by atoms with van der Waals surface area (Å²) in [5.41, 5.74) is 1.49. The first-order chi connectivity index (χ1) is 13.9. The van der Waals surface area contributed by atoms with Crippen molar-refractivity contribution < 1.29 is 9.66 Å². The first kappa shape index (κ1) is 21.6. The van der Waals surface area contributed by atoms with Crippen molar-refractivity contribution in [3.63, 3.8) is 0 Å². The van der Waals surface area contributed by atoms with Crippen LogP contribution in [0.3, 0.4) is 0 Å². The number of nitrogens with zero attached hydrogens (tertiary/aromatic N) is 3. The van der Waals surface area contributed by atoms with Gasteiger partial charge in [0.15, 0.2) is 5.11 Å². The molecule has 0 radical (unpaired) electrons. The van der Waals surface area contributed by atoms with E-state index < -0.39 is 4.92 Å². The molecule has 7 nitrogen and oxygen atoms in total. The second-order valence-electron chi connectivity index (χ2n) is 6.54. The van der Waals surface area contributed by atoms with Crippen molar-refractivity contribution in [3.05, 3.63) is 62.1 Å². The number of rotatable bonds is 5. The van der Waals surface area contributed by atoms with Crippen LogP contribution in [0.25, 0.3) is 0 Å². The molecule has 2 aromatic rings.